The Morgan fingerprint density at radius 3 is 2.33 bits per heavy atom. The van der Waals surface area contributed by atoms with Crippen molar-refractivity contribution in [1.29, 1.82) is 0 Å². The molecule has 0 radical (unpaired) electrons. The fourth-order valence-electron chi connectivity index (χ4n) is 3.73. The normalized spacial score (nSPS) is 17.2. The monoisotopic (exact) mass is 411 g/mol. The molecule has 1 aliphatic rings. The Kier molecular flexibility index (Phi) is 6.30. The van der Waals surface area contributed by atoms with Crippen molar-refractivity contribution in [3.63, 3.8) is 0 Å². The van der Waals surface area contributed by atoms with Crippen molar-refractivity contribution in [1.82, 2.24) is 4.90 Å². The number of ketones is 1. The number of hydrogen-bond donors (Lipinski definition) is 1. The van der Waals surface area contributed by atoms with E-state index in [0.29, 0.717) is 5.56 Å². The minimum atomic E-state index is -0.876. The Labute approximate surface area is 173 Å². The Morgan fingerprint density at radius 2 is 1.77 bits per heavy atom. The van der Waals surface area contributed by atoms with Crippen molar-refractivity contribution in [2.24, 2.45) is 0 Å². The highest BCUT2D eigenvalue weighted by atomic mass is 19.1. The highest BCUT2D eigenvalue weighted by Gasteiger charge is 2.43. The fraction of sp³-hybridized carbons (Fsp3) is 0.261. The predicted molar refractivity (Wildman–Crippen MR) is 107 cm³/mol. The number of esters is 1. The van der Waals surface area contributed by atoms with Gasteiger partial charge in [-0.1, -0.05) is 42.5 Å². The van der Waals surface area contributed by atoms with Crippen LogP contribution in [0.1, 0.15) is 36.4 Å². The topological polar surface area (TPSA) is 83.9 Å². The molecule has 2 aromatic carbocycles. The maximum Gasteiger partial charge on any atom is 0.306 e. The largest absolute Gasteiger partial charge is 0.503 e. The number of halogens is 1. The molecule has 0 saturated heterocycles. The van der Waals surface area contributed by atoms with E-state index in [2.05, 4.69) is 0 Å². The van der Waals surface area contributed by atoms with Crippen LogP contribution >= 0.6 is 0 Å². The number of rotatable bonds is 7. The lowest BCUT2D eigenvalue weighted by Gasteiger charge is -2.30. The van der Waals surface area contributed by atoms with Crippen LogP contribution in [0.4, 0.5) is 4.39 Å². The van der Waals surface area contributed by atoms with E-state index >= 15 is 0 Å². The number of benzene rings is 2. The molecule has 1 aliphatic heterocycles. The first-order chi connectivity index (χ1) is 14.3. The van der Waals surface area contributed by atoms with Gasteiger partial charge in [0.2, 0.25) is 0 Å². The molecule has 0 aliphatic carbocycles. The van der Waals surface area contributed by atoms with Crippen LogP contribution in [-0.2, 0) is 19.1 Å². The molecule has 1 N–H and O–H groups in total. The third-order valence-corrected chi connectivity index (χ3v) is 5.20. The zero-order chi connectivity index (χ0) is 21.8. The molecule has 1 heterocycles. The van der Waals surface area contributed by atoms with Gasteiger partial charge in [-0.3, -0.25) is 14.4 Å². The van der Waals surface area contributed by atoms with E-state index in [0.717, 1.165) is 5.56 Å². The van der Waals surface area contributed by atoms with Crippen molar-refractivity contribution in [3.8, 4) is 0 Å². The molecule has 2 aromatic rings. The summed E-state index contributed by atoms with van der Waals surface area (Å²) < 4.78 is 18.2. The smallest absolute Gasteiger partial charge is 0.306 e. The van der Waals surface area contributed by atoms with E-state index in [9.17, 15) is 23.9 Å². The molecular weight excluding hydrogens is 389 g/mol. The van der Waals surface area contributed by atoms with Crippen molar-refractivity contribution >= 4 is 17.7 Å². The minimum absolute atomic E-state index is 0.0105. The molecule has 0 spiro atoms. The standard InChI is InChI=1S/C23H22FNO5/c1-14(26)20-21(16-8-10-18(24)11-9-16)25(23(29)22(20)28)13-17(12-19(27)30-2)15-6-4-3-5-7-15/h3-11,17,21,28H,12-13H2,1-2H3/t17-,21+/m0/s1. The molecule has 1 amide bonds. The average Bonchev–Trinajstić information content (AvgIpc) is 2.99. The molecule has 2 atom stereocenters. The van der Waals surface area contributed by atoms with Crippen LogP contribution in [0.25, 0.3) is 0 Å². The van der Waals surface area contributed by atoms with Crippen LogP contribution in [0.5, 0.6) is 0 Å². The van der Waals surface area contributed by atoms with E-state index < -0.39 is 41.2 Å². The lowest BCUT2D eigenvalue weighted by Crippen LogP contribution is -2.35. The molecule has 156 valence electrons. The number of ether oxygens (including phenoxy) is 1. The fourth-order valence-corrected chi connectivity index (χ4v) is 3.73. The second kappa shape index (κ2) is 8.90. The first-order valence-electron chi connectivity index (χ1n) is 9.45. The Morgan fingerprint density at radius 1 is 1.13 bits per heavy atom. The van der Waals surface area contributed by atoms with E-state index in [1.54, 1.807) is 0 Å². The van der Waals surface area contributed by atoms with Gasteiger partial charge >= 0.3 is 5.97 Å². The molecule has 6 nitrogen and oxygen atoms in total. The third-order valence-electron chi connectivity index (χ3n) is 5.20. The Bertz CT molecular complexity index is 984. The maximum absolute atomic E-state index is 13.4. The number of amides is 1. The molecule has 0 unspecified atom stereocenters. The van der Waals surface area contributed by atoms with E-state index in [4.69, 9.17) is 4.74 Å². The first-order valence-corrected chi connectivity index (χ1v) is 9.45. The second-order valence-electron chi connectivity index (χ2n) is 7.12. The van der Waals surface area contributed by atoms with Gasteiger partial charge in [0.25, 0.3) is 5.91 Å². The number of aliphatic hydroxyl groups excluding tert-OH is 1. The number of hydrogen-bond acceptors (Lipinski definition) is 5. The van der Waals surface area contributed by atoms with Gasteiger partial charge in [-0.2, -0.15) is 0 Å². The maximum atomic E-state index is 13.4. The number of aliphatic hydroxyl groups is 1. The van der Waals surface area contributed by atoms with Crippen LogP contribution in [0, 0.1) is 5.82 Å². The summed E-state index contributed by atoms with van der Waals surface area (Å²) in [6.07, 6.45) is 0.0105. The average molecular weight is 411 g/mol. The van der Waals surface area contributed by atoms with E-state index in [1.165, 1.54) is 43.2 Å². The Hall–Kier alpha value is -3.48. The molecule has 0 fully saturated rings. The number of methoxy groups -OCH3 is 1. The van der Waals surface area contributed by atoms with Crippen molar-refractivity contribution in [3.05, 3.63) is 82.9 Å². The van der Waals surface area contributed by atoms with Gasteiger partial charge < -0.3 is 14.7 Å². The summed E-state index contributed by atoms with van der Waals surface area (Å²) in [4.78, 5) is 38.4. The molecule has 0 saturated carbocycles. The molecule has 0 aromatic heterocycles. The van der Waals surface area contributed by atoms with Crippen LogP contribution in [0.15, 0.2) is 65.9 Å². The summed E-state index contributed by atoms with van der Waals surface area (Å²) in [5.41, 5.74) is 1.25. The van der Waals surface area contributed by atoms with Gasteiger partial charge in [-0.25, -0.2) is 4.39 Å². The number of Topliss-reactive ketones (excluding diaryl/α,β-unsaturated/α-hetero) is 1. The van der Waals surface area contributed by atoms with Crippen molar-refractivity contribution < 1.29 is 28.6 Å². The summed E-state index contributed by atoms with van der Waals surface area (Å²) in [6.45, 7) is 1.32. The van der Waals surface area contributed by atoms with Gasteiger partial charge in [0.1, 0.15) is 5.82 Å². The molecule has 7 heteroatoms. The highest BCUT2D eigenvalue weighted by Crippen LogP contribution is 2.39. The molecular formula is C23H22FNO5. The summed E-state index contributed by atoms with van der Waals surface area (Å²) in [5, 5.41) is 10.4. The van der Waals surface area contributed by atoms with Gasteiger partial charge in [0, 0.05) is 12.5 Å². The zero-order valence-corrected chi connectivity index (χ0v) is 16.7. The van der Waals surface area contributed by atoms with Crippen molar-refractivity contribution in [2.75, 3.05) is 13.7 Å². The number of carbonyl (C=O) groups is 3. The summed E-state index contributed by atoms with van der Waals surface area (Å²) in [7, 11) is 1.29. The SMILES string of the molecule is COC(=O)C[C@@H](CN1C(=O)C(O)=C(C(C)=O)[C@H]1c1ccc(F)cc1)c1ccccc1. The molecule has 0 bridgehead atoms. The molecule has 3 rings (SSSR count). The van der Waals surface area contributed by atoms with Gasteiger partial charge in [-0.15, -0.1) is 0 Å². The van der Waals surface area contributed by atoms with E-state index in [1.807, 2.05) is 30.3 Å². The second-order valence-corrected chi connectivity index (χ2v) is 7.12. The summed E-state index contributed by atoms with van der Waals surface area (Å²) >= 11 is 0. The number of carbonyl (C=O) groups excluding carboxylic acids is 3. The quantitative estimate of drug-likeness (QED) is 0.706. The third kappa shape index (κ3) is 4.25. The van der Waals surface area contributed by atoms with Gasteiger partial charge in [0.15, 0.2) is 11.5 Å². The lowest BCUT2D eigenvalue weighted by molar-refractivity contribution is -0.141. The summed E-state index contributed by atoms with van der Waals surface area (Å²) in [5.74, 6) is -3.12. The predicted octanol–water partition coefficient (Wildman–Crippen LogP) is 3.46. The number of nitrogens with zero attached hydrogens (tertiary/aromatic N) is 1. The summed E-state index contributed by atoms with van der Waals surface area (Å²) in [6, 6.07) is 13.7. The van der Waals surface area contributed by atoms with Crippen molar-refractivity contribution in [2.45, 2.75) is 25.3 Å². The lowest BCUT2D eigenvalue weighted by atomic mass is 9.92. The van der Waals surface area contributed by atoms with Crippen LogP contribution < -0.4 is 0 Å². The van der Waals surface area contributed by atoms with Gasteiger partial charge in [0.05, 0.1) is 25.1 Å². The molecule has 30 heavy (non-hydrogen) atoms. The first kappa shape index (κ1) is 21.2. The highest BCUT2D eigenvalue weighted by molar-refractivity contribution is 6.08. The van der Waals surface area contributed by atoms with E-state index in [-0.39, 0.29) is 18.5 Å². The van der Waals surface area contributed by atoms with Crippen LogP contribution in [0.2, 0.25) is 0 Å². The minimum Gasteiger partial charge on any atom is -0.503 e. The van der Waals surface area contributed by atoms with Crippen LogP contribution in [0.3, 0.4) is 0 Å². The van der Waals surface area contributed by atoms with Crippen LogP contribution in [-0.4, -0.2) is 41.3 Å². The zero-order valence-electron chi connectivity index (χ0n) is 16.7. The van der Waals surface area contributed by atoms with Gasteiger partial charge in [-0.05, 0) is 30.2 Å². The Balaban J connectivity index is 2.02.